The van der Waals surface area contributed by atoms with E-state index in [1.165, 1.54) is 37.7 Å². The molecule has 1 heterocycles. The summed E-state index contributed by atoms with van der Waals surface area (Å²) in [5.74, 6) is 0.941. The lowest BCUT2D eigenvalue weighted by atomic mass is 10.1. The van der Waals surface area contributed by atoms with Crippen LogP contribution in [0.3, 0.4) is 0 Å². The maximum atomic E-state index is 5.84. The number of nitrogens with one attached hydrogen (secondary N) is 2. The molecule has 132 valence electrons. The molecule has 0 aliphatic rings. The first-order chi connectivity index (χ1) is 11.8. The molecule has 1 aromatic carbocycles. The number of aromatic nitrogens is 2. The Morgan fingerprint density at radius 3 is 2.46 bits per heavy atom. The molecule has 0 atom stereocenters. The first-order valence-electron chi connectivity index (χ1n) is 9.18. The van der Waals surface area contributed by atoms with Crippen molar-refractivity contribution in [2.45, 2.75) is 58.9 Å². The number of nitrogens with zero attached hydrogens (tertiary/aromatic N) is 1. The summed E-state index contributed by atoms with van der Waals surface area (Å²) in [6.07, 6.45) is 7.73. The second kappa shape index (κ2) is 10.1. The Morgan fingerprint density at radius 2 is 1.75 bits per heavy atom. The number of ether oxygens (including phenoxy) is 1. The van der Waals surface area contributed by atoms with Crippen molar-refractivity contribution in [1.82, 2.24) is 15.5 Å². The molecule has 4 heteroatoms. The minimum atomic E-state index is 0.804. The smallest absolute Gasteiger partial charge is 0.119 e. The van der Waals surface area contributed by atoms with Crippen molar-refractivity contribution in [2.75, 3.05) is 13.7 Å². The molecule has 24 heavy (non-hydrogen) atoms. The molecule has 0 aliphatic heterocycles. The third-order valence-corrected chi connectivity index (χ3v) is 4.36. The van der Waals surface area contributed by atoms with E-state index in [1.54, 1.807) is 0 Å². The molecule has 4 nitrogen and oxygen atoms in total. The van der Waals surface area contributed by atoms with Crippen LogP contribution in [0.25, 0.3) is 11.3 Å². The lowest BCUT2D eigenvalue weighted by molar-refractivity contribution is 0.304. The van der Waals surface area contributed by atoms with Crippen LogP contribution in [-0.4, -0.2) is 23.9 Å². The lowest BCUT2D eigenvalue weighted by Crippen LogP contribution is -2.06. The van der Waals surface area contributed by atoms with Gasteiger partial charge in [0, 0.05) is 12.1 Å². The van der Waals surface area contributed by atoms with Crippen LogP contribution in [0.4, 0.5) is 0 Å². The normalized spacial score (nSPS) is 11.0. The third-order valence-electron chi connectivity index (χ3n) is 4.36. The minimum absolute atomic E-state index is 0.804. The Labute approximate surface area is 146 Å². The molecule has 0 bridgehead atoms. The van der Waals surface area contributed by atoms with Gasteiger partial charge in [-0.3, -0.25) is 5.10 Å². The number of rotatable bonds is 11. The highest BCUT2D eigenvalue weighted by Gasteiger charge is 2.10. The van der Waals surface area contributed by atoms with Gasteiger partial charge >= 0.3 is 0 Å². The van der Waals surface area contributed by atoms with Gasteiger partial charge < -0.3 is 10.1 Å². The van der Waals surface area contributed by atoms with Crippen LogP contribution in [-0.2, 0) is 6.54 Å². The standard InChI is InChI=1S/C20H31N3O/c1-4-5-6-7-8-9-14-24-18-12-10-17(11-13-18)20-16(2)19(15-21-3)22-23-20/h10-13,21H,4-9,14-15H2,1-3H3,(H,22,23). The van der Waals surface area contributed by atoms with Gasteiger partial charge in [0.2, 0.25) is 0 Å². The van der Waals surface area contributed by atoms with Crippen LogP contribution in [0.5, 0.6) is 5.75 Å². The van der Waals surface area contributed by atoms with Crippen molar-refractivity contribution >= 4 is 0 Å². The number of H-pyrrole nitrogens is 1. The van der Waals surface area contributed by atoms with Crippen LogP contribution in [0.15, 0.2) is 24.3 Å². The second-order valence-electron chi connectivity index (χ2n) is 6.35. The first kappa shape index (κ1) is 18.5. The maximum Gasteiger partial charge on any atom is 0.119 e. The zero-order valence-electron chi connectivity index (χ0n) is 15.3. The molecule has 0 unspecified atom stereocenters. The van der Waals surface area contributed by atoms with Gasteiger partial charge in [0.1, 0.15) is 5.75 Å². The fourth-order valence-electron chi connectivity index (χ4n) is 2.85. The Kier molecular flexibility index (Phi) is 7.83. The summed E-state index contributed by atoms with van der Waals surface area (Å²) in [6, 6.07) is 8.25. The van der Waals surface area contributed by atoms with Crippen LogP contribution < -0.4 is 10.1 Å². The van der Waals surface area contributed by atoms with Crippen LogP contribution >= 0.6 is 0 Å². The Balaban J connectivity index is 1.80. The summed E-state index contributed by atoms with van der Waals surface area (Å²) >= 11 is 0. The molecule has 2 aromatic rings. The fourth-order valence-corrected chi connectivity index (χ4v) is 2.85. The Bertz CT molecular complexity index is 589. The molecule has 0 saturated carbocycles. The molecule has 0 saturated heterocycles. The predicted molar refractivity (Wildman–Crippen MR) is 100 cm³/mol. The predicted octanol–water partition coefficient (Wildman–Crippen LogP) is 4.84. The van der Waals surface area contributed by atoms with E-state index in [4.69, 9.17) is 4.74 Å². The number of aromatic amines is 1. The summed E-state index contributed by atoms with van der Waals surface area (Å²) < 4.78 is 5.84. The lowest BCUT2D eigenvalue weighted by Gasteiger charge is -2.07. The average molecular weight is 329 g/mol. The molecule has 0 fully saturated rings. The topological polar surface area (TPSA) is 49.9 Å². The van der Waals surface area contributed by atoms with E-state index in [2.05, 4.69) is 41.5 Å². The molecule has 0 amide bonds. The highest BCUT2D eigenvalue weighted by molar-refractivity contribution is 5.64. The van der Waals surface area contributed by atoms with Gasteiger partial charge in [-0.15, -0.1) is 0 Å². The van der Waals surface area contributed by atoms with E-state index in [9.17, 15) is 0 Å². The van der Waals surface area contributed by atoms with Crippen molar-refractivity contribution in [3.05, 3.63) is 35.5 Å². The molecule has 0 radical (unpaired) electrons. The molecule has 2 rings (SSSR count). The zero-order valence-corrected chi connectivity index (χ0v) is 15.3. The Morgan fingerprint density at radius 1 is 1.04 bits per heavy atom. The molecular weight excluding hydrogens is 298 g/mol. The van der Waals surface area contributed by atoms with Crippen LogP contribution in [0.2, 0.25) is 0 Å². The largest absolute Gasteiger partial charge is 0.494 e. The van der Waals surface area contributed by atoms with E-state index in [-0.39, 0.29) is 0 Å². The first-order valence-corrected chi connectivity index (χ1v) is 9.18. The van der Waals surface area contributed by atoms with Crippen molar-refractivity contribution in [2.24, 2.45) is 0 Å². The van der Waals surface area contributed by atoms with Crippen molar-refractivity contribution in [3.63, 3.8) is 0 Å². The second-order valence-corrected chi connectivity index (χ2v) is 6.35. The van der Waals surface area contributed by atoms with Gasteiger partial charge in [-0.2, -0.15) is 5.10 Å². The summed E-state index contributed by atoms with van der Waals surface area (Å²) in [5, 5.41) is 10.7. The fraction of sp³-hybridized carbons (Fsp3) is 0.550. The molecule has 2 N–H and O–H groups in total. The average Bonchev–Trinajstić information content (AvgIpc) is 2.96. The highest BCUT2D eigenvalue weighted by atomic mass is 16.5. The van der Waals surface area contributed by atoms with Crippen molar-refractivity contribution in [3.8, 4) is 17.0 Å². The monoisotopic (exact) mass is 329 g/mol. The third kappa shape index (κ3) is 5.38. The van der Waals surface area contributed by atoms with Gasteiger partial charge in [-0.1, -0.05) is 39.0 Å². The van der Waals surface area contributed by atoms with Crippen molar-refractivity contribution < 1.29 is 4.74 Å². The Hall–Kier alpha value is -1.81. The van der Waals surface area contributed by atoms with E-state index in [0.717, 1.165) is 42.3 Å². The molecule has 0 aliphatic carbocycles. The van der Waals surface area contributed by atoms with Gasteiger partial charge in [-0.25, -0.2) is 0 Å². The highest BCUT2D eigenvalue weighted by Crippen LogP contribution is 2.25. The number of benzene rings is 1. The van der Waals surface area contributed by atoms with Gasteiger partial charge in [0.15, 0.2) is 0 Å². The zero-order chi connectivity index (χ0) is 17.2. The van der Waals surface area contributed by atoms with Crippen molar-refractivity contribution in [1.29, 1.82) is 0 Å². The van der Waals surface area contributed by atoms with Crippen LogP contribution in [0, 0.1) is 6.92 Å². The minimum Gasteiger partial charge on any atom is -0.494 e. The number of unbranched alkanes of at least 4 members (excludes halogenated alkanes) is 5. The maximum absolute atomic E-state index is 5.84. The summed E-state index contributed by atoms with van der Waals surface area (Å²) in [6.45, 7) is 5.96. The molecule has 0 spiro atoms. The quantitative estimate of drug-likeness (QED) is 0.580. The van der Waals surface area contributed by atoms with E-state index < -0.39 is 0 Å². The van der Waals surface area contributed by atoms with E-state index >= 15 is 0 Å². The van der Waals surface area contributed by atoms with Gasteiger partial charge in [0.05, 0.1) is 18.0 Å². The van der Waals surface area contributed by atoms with Gasteiger partial charge in [0.25, 0.3) is 0 Å². The van der Waals surface area contributed by atoms with Crippen LogP contribution in [0.1, 0.15) is 56.7 Å². The summed E-state index contributed by atoms with van der Waals surface area (Å²) in [7, 11) is 1.94. The number of hydrogen-bond donors (Lipinski definition) is 2. The van der Waals surface area contributed by atoms with E-state index in [0.29, 0.717) is 0 Å². The summed E-state index contributed by atoms with van der Waals surface area (Å²) in [4.78, 5) is 0. The molecular formula is C20H31N3O. The van der Waals surface area contributed by atoms with E-state index in [1.807, 2.05) is 19.2 Å². The molecule has 1 aromatic heterocycles. The van der Waals surface area contributed by atoms with Gasteiger partial charge in [-0.05, 0) is 50.2 Å². The summed E-state index contributed by atoms with van der Waals surface area (Å²) in [5.41, 5.74) is 4.47. The number of hydrogen-bond acceptors (Lipinski definition) is 3. The SMILES string of the molecule is CCCCCCCCOc1ccc(-c2n[nH]c(CNC)c2C)cc1.